The second-order valence-corrected chi connectivity index (χ2v) is 6.91. The molecule has 1 saturated heterocycles. The van der Waals surface area contributed by atoms with Gasteiger partial charge in [0.05, 0.1) is 18.0 Å². The van der Waals surface area contributed by atoms with Gasteiger partial charge in [0, 0.05) is 6.20 Å². The Bertz CT molecular complexity index is 510. The average molecular weight is 283 g/mol. The average Bonchev–Trinajstić information content (AvgIpc) is 2.38. The summed E-state index contributed by atoms with van der Waals surface area (Å²) in [5.41, 5.74) is 1.79. The van der Waals surface area contributed by atoms with E-state index in [0.717, 1.165) is 37.2 Å². The van der Waals surface area contributed by atoms with Gasteiger partial charge in [0.2, 0.25) is 10.0 Å². The van der Waals surface area contributed by atoms with E-state index in [1.807, 2.05) is 19.1 Å². The molecule has 0 radical (unpaired) electrons. The van der Waals surface area contributed by atoms with Crippen LogP contribution in [0, 0.1) is 12.8 Å². The summed E-state index contributed by atoms with van der Waals surface area (Å²) >= 11 is 0. The van der Waals surface area contributed by atoms with Crippen molar-refractivity contribution in [2.24, 2.45) is 5.92 Å². The lowest BCUT2D eigenvalue weighted by molar-refractivity contribution is 0.400. The molecular weight excluding hydrogens is 262 g/mol. The highest BCUT2D eigenvalue weighted by atomic mass is 32.2. The highest BCUT2D eigenvalue weighted by molar-refractivity contribution is 7.89. The van der Waals surface area contributed by atoms with Gasteiger partial charge >= 0.3 is 0 Å². The number of rotatable bonds is 5. The van der Waals surface area contributed by atoms with Gasteiger partial charge in [-0.25, -0.2) is 13.1 Å². The first-order valence-electron chi connectivity index (χ1n) is 6.65. The molecule has 0 aromatic carbocycles. The summed E-state index contributed by atoms with van der Waals surface area (Å²) in [6.07, 6.45) is 3.55. The summed E-state index contributed by atoms with van der Waals surface area (Å²) in [6.45, 7) is 4.04. The van der Waals surface area contributed by atoms with Gasteiger partial charge in [0.25, 0.3) is 0 Å². The van der Waals surface area contributed by atoms with E-state index in [-0.39, 0.29) is 18.2 Å². The molecule has 0 amide bonds. The minimum absolute atomic E-state index is 0.223. The van der Waals surface area contributed by atoms with Crippen LogP contribution in [0.5, 0.6) is 0 Å². The summed E-state index contributed by atoms with van der Waals surface area (Å²) < 4.78 is 26.7. The molecule has 0 atom stereocenters. The maximum absolute atomic E-state index is 12.0. The van der Waals surface area contributed by atoms with Crippen molar-refractivity contribution in [2.75, 3.05) is 18.8 Å². The topological polar surface area (TPSA) is 71.1 Å². The van der Waals surface area contributed by atoms with Crippen molar-refractivity contribution in [1.82, 2.24) is 15.0 Å². The molecule has 0 saturated carbocycles. The summed E-state index contributed by atoms with van der Waals surface area (Å²) in [5, 5.41) is 3.24. The molecule has 2 heterocycles. The van der Waals surface area contributed by atoms with Crippen molar-refractivity contribution < 1.29 is 8.42 Å². The van der Waals surface area contributed by atoms with E-state index in [4.69, 9.17) is 0 Å². The minimum atomic E-state index is -3.21. The third kappa shape index (κ3) is 4.56. The second-order valence-electron chi connectivity index (χ2n) is 5.06. The number of nitrogens with one attached hydrogen (secondary N) is 2. The predicted octanol–water partition coefficient (Wildman–Crippen LogP) is 0.809. The molecule has 0 bridgehead atoms. The molecule has 1 aliphatic heterocycles. The lowest BCUT2D eigenvalue weighted by Crippen LogP contribution is -2.35. The molecule has 106 valence electrons. The second kappa shape index (κ2) is 6.45. The number of nitrogens with zero attached hydrogens (tertiary/aromatic N) is 1. The van der Waals surface area contributed by atoms with Crippen LogP contribution in [0.4, 0.5) is 0 Å². The summed E-state index contributed by atoms with van der Waals surface area (Å²) in [6, 6.07) is 3.78. The van der Waals surface area contributed by atoms with E-state index < -0.39 is 10.0 Å². The third-order valence-corrected chi connectivity index (χ3v) is 4.99. The van der Waals surface area contributed by atoms with E-state index in [1.54, 1.807) is 6.20 Å². The van der Waals surface area contributed by atoms with Gasteiger partial charge in [0.1, 0.15) is 0 Å². The summed E-state index contributed by atoms with van der Waals surface area (Å²) in [5.74, 6) is 0.490. The molecule has 1 aromatic rings. The van der Waals surface area contributed by atoms with Gasteiger partial charge in [-0.3, -0.25) is 4.98 Å². The molecule has 2 N–H and O–H groups in total. The molecule has 19 heavy (non-hydrogen) atoms. The highest BCUT2D eigenvalue weighted by Gasteiger charge is 2.21. The zero-order chi connectivity index (χ0) is 13.7. The SMILES string of the molecule is Cc1cccnc1CNS(=O)(=O)CC1CCNCC1. The van der Waals surface area contributed by atoms with Crippen molar-refractivity contribution in [1.29, 1.82) is 0 Å². The Hall–Kier alpha value is -0.980. The van der Waals surface area contributed by atoms with Crippen LogP contribution in [-0.4, -0.2) is 32.2 Å². The normalized spacial score (nSPS) is 17.5. The fourth-order valence-corrected chi connectivity index (χ4v) is 3.73. The first-order valence-corrected chi connectivity index (χ1v) is 8.30. The van der Waals surface area contributed by atoms with Crippen LogP contribution in [0.1, 0.15) is 24.1 Å². The highest BCUT2D eigenvalue weighted by Crippen LogP contribution is 2.14. The van der Waals surface area contributed by atoms with Crippen molar-refractivity contribution in [3.05, 3.63) is 29.6 Å². The Morgan fingerprint density at radius 1 is 1.42 bits per heavy atom. The Labute approximate surface area is 114 Å². The molecule has 1 fully saturated rings. The number of aromatic nitrogens is 1. The van der Waals surface area contributed by atoms with Gasteiger partial charge < -0.3 is 5.32 Å². The molecule has 1 aromatic heterocycles. The van der Waals surface area contributed by atoms with Crippen molar-refractivity contribution in [3.8, 4) is 0 Å². The van der Waals surface area contributed by atoms with Gasteiger partial charge in [0.15, 0.2) is 0 Å². The first-order chi connectivity index (χ1) is 9.07. The van der Waals surface area contributed by atoms with Crippen molar-refractivity contribution in [2.45, 2.75) is 26.3 Å². The Morgan fingerprint density at radius 3 is 2.84 bits per heavy atom. The molecule has 2 rings (SSSR count). The largest absolute Gasteiger partial charge is 0.317 e. The number of sulfonamides is 1. The summed E-state index contributed by atoms with van der Waals surface area (Å²) in [7, 11) is -3.21. The fraction of sp³-hybridized carbons (Fsp3) is 0.615. The predicted molar refractivity (Wildman–Crippen MR) is 75.2 cm³/mol. The van der Waals surface area contributed by atoms with Crippen LogP contribution < -0.4 is 10.0 Å². The smallest absolute Gasteiger partial charge is 0.212 e. The maximum atomic E-state index is 12.0. The fourth-order valence-electron chi connectivity index (χ4n) is 2.30. The standard InChI is InChI=1S/C13H21N3O2S/c1-11-3-2-6-15-13(11)9-16-19(17,18)10-12-4-7-14-8-5-12/h2-3,6,12,14,16H,4-5,7-10H2,1H3. The van der Waals surface area contributed by atoms with E-state index >= 15 is 0 Å². The van der Waals surface area contributed by atoms with Crippen LogP contribution >= 0.6 is 0 Å². The molecule has 6 heteroatoms. The van der Waals surface area contributed by atoms with Crippen LogP contribution in [-0.2, 0) is 16.6 Å². The van der Waals surface area contributed by atoms with Crippen molar-refractivity contribution in [3.63, 3.8) is 0 Å². The number of hydrogen-bond donors (Lipinski definition) is 2. The third-order valence-electron chi connectivity index (χ3n) is 3.49. The Morgan fingerprint density at radius 2 is 2.16 bits per heavy atom. The zero-order valence-corrected chi connectivity index (χ0v) is 12.0. The monoisotopic (exact) mass is 283 g/mol. The minimum Gasteiger partial charge on any atom is -0.317 e. The lowest BCUT2D eigenvalue weighted by atomic mass is 10.0. The van der Waals surface area contributed by atoms with Crippen LogP contribution in [0.3, 0.4) is 0 Å². The molecule has 0 spiro atoms. The van der Waals surface area contributed by atoms with E-state index in [1.165, 1.54) is 0 Å². The van der Waals surface area contributed by atoms with E-state index in [2.05, 4.69) is 15.0 Å². The molecule has 1 aliphatic rings. The molecule has 5 nitrogen and oxygen atoms in total. The Balaban J connectivity index is 1.88. The lowest BCUT2D eigenvalue weighted by Gasteiger charge is -2.22. The van der Waals surface area contributed by atoms with Crippen LogP contribution in [0.15, 0.2) is 18.3 Å². The molecular formula is C13H21N3O2S. The van der Waals surface area contributed by atoms with Gasteiger partial charge in [-0.2, -0.15) is 0 Å². The van der Waals surface area contributed by atoms with E-state index in [0.29, 0.717) is 0 Å². The number of hydrogen-bond acceptors (Lipinski definition) is 4. The first kappa shape index (κ1) is 14.4. The molecule has 0 unspecified atom stereocenters. The van der Waals surface area contributed by atoms with Crippen LogP contribution in [0.2, 0.25) is 0 Å². The van der Waals surface area contributed by atoms with E-state index in [9.17, 15) is 8.42 Å². The van der Waals surface area contributed by atoms with Gasteiger partial charge in [-0.15, -0.1) is 0 Å². The summed E-state index contributed by atoms with van der Waals surface area (Å²) in [4.78, 5) is 4.19. The van der Waals surface area contributed by atoms with Crippen molar-refractivity contribution >= 4 is 10.0 Å². The van der Waals surface area contributed by atoms with Crippen LogP contribution in [0.25, 0.3) is 0 Å². The quantitative estimate of drug-likeness (QED) is 0.839. The van der Waals surface area contributed by atoms with Gasteiger partial charge in [-0.05, 0) is 50.4 Å². The number of piperidine rings is 1. The Kier molecular flexibility index (Phi) is 4.90. The number of aryl methyl sites for hydroxylation is 1. The number of pyridine rings is 1. The molecule has 0 aliphatic carbocycles. The maximum Gasteiger partial charge on any atom is 0.212 e. The zero-order valence-electron chi connectivity index (χ0n) is 11.2. The van der Waals surface area contributed by atoms with Gasteiger partial charge in [-0.1, -0.05) is 6.07 Å².